The first kappa shape index (κ1) is 29.7. The van der Waals surface area contributed by atoms with Gasteiger partial charge in [0.15, 0.2) is 11.2 Å². The van der Waals surface area contributed by atoms with Crippen molar-refractivity contribution in [1.29, 1.82) is 0 Å². The average molecular weight is 512 g/mol. The lowest BCUT2D eigenvalue weighted by molar-refractivity contribution is -0.285. The Morgan fingerprint density at radius 2 is 1.61 bits per heavy atom. The van der Waals surface area contributed by atoms with E-state index in [9.17, 15) is 14.4 Å². The second-order valence-electron chi connectivity index (χ2n) is 8.90. The summed E-state index contributed by atoms with van der Waals surface area (Å²) in [5.74, 6) is -0.0113. The molecule has 0 fully saturated rings. The Balaban J connectivity index is 1.58. The van der Waals surface area contributed by atoms with Gasteiger partial charge in [0, 0.05) is 27.1 Å². The molecule has 1 atom stereocenters. The van der Waals surface area contributed by atoms with Gasteiger partial charge in [-0.2, -0.15) is 0 Å². The second kappa shape index (κ2) is 16.3. The van der Waals surface area contributed by atoms with Crippen LogP contribution in [0.2, 0.25) is 0 Å². The van der Waals surface area contributed by atoms with Gasteiger partial charge in [-0.1, -0.05) is 38.5 Å². The lowest BCUT2D eigenvalue weighted by Crippen LogP contribution is -2.39. The predicted octanol–water partition coefficient (Wildman–Crippen LogP) is 1.98. The highest BCUT2D eigenvalue weighted by Gasteiger charge is 2.15. The molecule has 0 bridgehead atoms. The number of rotatable bonds is 19. The summed E-state index contributed by atoms with van der Waals surface area (Å²) < 4.78 is 4.40. The van der Waals surface area contributed by atoms with E-state index in [1.165, 1.54) is 23.4 Å². The molecule has 12 nitrogen and oxygen atoms in total. The van der Waals surface area contributed by atoms with E-state index >= 15 is 0 Å². The fraction of sp³-hybridized carbons (Fsp3) is 0.750. The van der Waals surface area contributed by atoms with Gasteiger partial charge in [-0.15, -0.1) is 0 Å². The van der Waals surface area contributed by atoms with Crippen molar-refractivity contribution in [2.45, 2.75) is 76.8 Å². The zero-order valence-electron chi connectivity index (χ0n) is 22.0. The number of nitrogens with zero attached hydrogens (tertiary/aromatic N) is 4. The lowest BCUT2D eigenvalue weighted by Gasteiger charge is -2.17. The van der Waals surface area contributed by atoms with E-state index in [1.807, 2.05) is 0 Å². The van der Waals surface area contributed by atoms with Gasteiger partial charge in [-0.05, 0) is 19.3 Å². The summed E-state index contributed by atoms with van der Waals surface area (Å²) in [6, 6.07) is -0.199. The molecule has 2 rings (SSSR count). The van der Waals surface area contributed by atoms with Gasteiger partial charge in [0.2, 0.25) is 5.91 Å². The summed E-state index contributed by atoms with van der Waals surface area (Å²) in [5.41, 5.74) is 0.261. The molecule has 2 aromatic rings. The van der Waals surface area contributed by atoms with Crippen LogP contribution in [0, 0.1) is 0 Å². The number of aryl methyl sites for hydroxylation is 2. The number of unbranched alkanes of at least 4 members (excludes halogenated alkanes) is 7. The molecule has 0 aliphatic heterocycles. The topological polar surface area (TPSA) is 128 Å². The van der Waals surface area contributed by atoms with E-state index in [-0.39, 0.29) is 29.8 Å². The summed E-state index contributed by atoms with van der Waals surface area (Å²) in [5, 5.41) is 2.94. The van der Waals surface area contributed by atoms with Crippen LogP contribution < -0.4 is 16.6 Å². The van der Waals surface area contributed by atoms with E-state index in [0.29, 0.717) is 37.2 Å². The van der Waals surface area contributed by atoms with E-state index in [4.69, 9.17) is 9.78 Å². The fourth-order valence-electron chi connectivity index (χ4n) is 4.13. The number of fused-ring (bicyclic) bond motifs is 1. The highest BCUT2D eigenvalue weighted by Crippen LogP contribution is 2.11. The maximum absolute atomic E-state index is 12.7. The van der Waals surface area contributed by atoms with Crippen LogP contribution in [0.4, 0.5) is 0 Å². The maximum atomic E-state index is 12.7. The number of nitrogens with one attached hydrogen (secondary N) is 1. The minimum absolute atomic E-state index is 0.0113. The molecule has 36 heavy (non-hydrogen) atoms. The zero-order chi connectivity index (χ0) is 26.3. The molecule has 1 unspecified atom stereocenters. The Morgan fingerprint density at radius 3 is 2.28 bits per heavy atom. The standard InChI is InChI=1S/C24H41N5O7/c1-27-18-25-22-21(27)23(31)29(24(32)28(22)2)15-12-10-8-6-5-7-9-11-13-20(30)26-19(17-36-34-4)14-16-35-33-3/h18-19H,5-17H2,1-4H3,(H,26,30). The van der Waals surface area contributed by atoms with Crippen molar-refractivity contribution in [2.75, 3.05) is 27.4 Å². The van der Waals surface area contributed by atoms with Gasteiger partial charge < -0.3 is 9.88 Å². The normalized spacial score (nSPS) is 12.3. The molecule has 1 amide bonds. The molecular formula is C24H41N5O7. The first-order chi connectivity index (χ1) is 17.4. The molecule has 0 aliphatic rings. The molecule has 0 aromatic carbocycles. The first-order valence-electron chi connectivity index (χ1n) is 12.6. The van der Waals surface area contributed by atoms with E-state index in [1.54, 1.807) is 25.0 Å². The number of imidazole rings is 1. The molecule has 12 heteroatoms. The molecule has 1 N–H and O–H groups in total. The van der Waals surface area contributed by atoms with Gasteiger partial charge in [0.25, 0.3) is 5.56 Å². The number of hydrogen-bond donors (Lipinski definition) is 1. The van der Waals surface area contributed by atoms with Gasteiger partial charge in [0.1, 0.15) is 6.61 Å². The molecular weight excluding hydrogens is 470 g/mol. The summed E-state index contributed by atoms with van der Waals surface area (Å²) in [6.45, 7) is 1.01. The quantitative estimate of drug-likeness (QED) is 0.172. The first-order valence-corrected chi connectivity index (χ1v) is 12.6. The molecule has 2 heterocycles. The van der Waals surface area contributed by atoms with Crippen LogP contribution in [-0.4, -0.2) is 58.1 Å². The summed E-state index contributed by atoms with van der Waals surface area (Å²) >= 11 is 0. The van der Waals surface area contributed by atoms with Crippen LogP contribution in [0.3, 0.4) is 0 Å². The van der Waals surface area contributed by atoms with Crippen molar-refractivity contribution in [3.63, 3.8) is 0 Å². The molecule has 204 valence electrons. The molecule has 0 saturated heterocycles. The van der Waals surface area contributed by atoms with Crippen LogP contribution in [0.5, 0.6) is 0 Å². The van der Waals surface area contributed by atoms with Crippen molar-refractivity contribution in [3.05, 3.63) is 27.2 Å². The zero-order valence-corrected chi connectivity index (χ0v) is 22.0. The Labute approximate surface area is 211 Å². The molecule has 0 saturated carbocycles. The minimum Gasteiger partial charge on any atom is -0.351 e. The number of carbonyl (C=O) groups is 1. The Hall–Kier alpha value is -2.54. The number of amides is 1. The van der Waals surface area contributed by atoms with E-state index < -0.39 is 0 Å². The molecule has 2 aromatic heterocycles. The van der Waals surface area contributed by atoms with Gasteiger partial charge >= 0.3 is 5.69 Å². The third kappa shape index (κ3) is 9.16. The Bertz CT molecular complexity index is 1050. The predicted molar refractivity (Wildman–Crippen MR) is 134 cm³/mol. The highest BCUT2D eigenvalue weighted by atomic mass is 17.2. The van der Waals surface area contributed by atoms with Crippen LogP contribution in [-0.2, 0) is 45.0 Å². The van der Waals surface area contributed by atoms with Crippen LogP contribution in [0.1, 0.15) is 64.2 Å². The van der Waals surface area contributed by atoms with E-state index in [0.717, 1.165) is 51.4 Å². The highest BCUT2D eigenvalue weighted by molar-refractivity contribution is 5.76. The smallest absolute Gasteiger partial charge is 0.332 e. The minimum atomic E-state index is -0.323. The van der Waals surface area contributed by atoms with Crippen molar-refractivity contribution in [1.82, 2.24) is 24.0 Å². The fourth-order valence-corrected chi connectivity index (χ4v) is 4.13. The molecule has 0 aliphatic carbocycles. The monoisotopic (exact) mass is 511 g/mol. The van der Waals surface area contributed by atoms with Crippen molar-refractivity contribution >= 4 is 17.1 Å². The molecule has 0 spiro atoms. The third-order valence-corrected chi connectivity index (χ3v) is 6.16. The van der Waals surface area contributed by atoms with Crippen molar-refractivity contribution in [2.24, 2.45) is 14.1 Å². The maximum Gasteiger partial charge on any atom is 0.332 e. The number of hydrogen-bond acceptors (Lipinski definition) is 8. The lowest BCUT2D eigenvalue weighted by atomic mass is 10.1. The molecule has 0 radical (unpaired) electrons. The third-order valence-electron chi connectivity index (χ3n) is 6.16. The number of carbonyl (C=O) groups excluding carboxylic acids is 1. The Kier molecular flexibility index (Phi) is 13.4. The summed E-state index contributed by atoms with van der Waals surface area (Å²) in [7, 11) is 6.27. The second-order valence-corrected chi connectivity index (χ2v) is 8.90. The van der Waals surface area contributed by atoms with E-state index in [2.05, 4.69) is 20.1 Å². The average Bonchev–Trinajstić information content (AvgIpc) is 3.25. The van der Waals surface area contributed by atoms with Crippen LogP contribution in [0.15, 0.2) is 15.9 Å². The summed E-state index contributed by atoms with van der Waals surface area (Å²) in [4.78, 5) is 60.5. The van der Waals surface area contributed by atoms with Gasteiger partial charge in [0.05, 0.1) is 33.2 Å². The summed E-state index contributed by atoms with van der Waals surface area (Å²) in [6.07, 6.45) is 10.5. The van der Waals surface area contributed by atoms with Crippen molar-refractivity contribution < 1.29 is 24.3 Å². The SMILES string of the molecule is COOCCC(COOC)NC(=O)CCCCCCCCCCn1c(=O)c2c(ncn2C)n(C)c1=O. The van der Waals surface area contributed by atoms with Gasteiger partial charge in [-0.25, -0.2) is 29.3 Å². The van der Waals surface area contributed by atoms with Gasteiger partial charge in [-0.3, -0.25) is 18.7 Å². The number of aromatic nitrogens is 4. The largest absolute Gasteiger partial charge is 0.351 e. The van der Waals surface area contributed by atoms with Crippen molar-refractivity contribution in [3.8, 4) is 0 Å². The van der Waals surface area contributed by atoms with Crippen LogP contribution in [0.25, 0.3) is 11.2 Å². The van der Waals surface area contributed by atoms with Crippen LogP contribution >= 0.6 is 0 Å². The Morgan fingerprint density at radius 1 is 0.972 bits per heavy atom.